The molecular weight excluding hydrogens is 456 g/mol. The lowest BCUT2D eigenvalue weighted by atomic mass is 10.2. The average Bonchev–Trinajstić information content (AvgIpc) is 3.28. The number of hydrogen-bond acceptors (Lipinski definition) is 8. The fourth-order valence-electron chi connectivity index (χ4n) is 3.05. The summed E-state index contributed by atoms with van der Waals surface area (Å²) in [5, 5.41) is 33.7. The van der Waals surface area contributed by atoms with Crippen LogP contribution in [0.3, 0.4) is 0 Å². The van der Waals surface area contributed by atoms with Gasteiger partial charge in [-0.15, -0.1) is 10.2 Å². The number of phenolic OH excluding ortho intramolecular Hbond substituents is 1. The minimum Gasteiger partial charge on any atom is -0.507 e. The summed E-state index contributed by atoms with van der Waals surface area (Å²) in [7, 11) is 0. The molecule has 170 valence electrons. The molecule has 4 aromatic rings. The molecule has 0 radical (unpaired) electrons. The number of aromatic nitrogens is 3. The van der Waals surface area contributed by atoms with Gasteiger partial charge in [0.25, 0.3) is 11.6 Å². The van der Waals surface area contributed by atoms with Gasteiger partial charge in [0.2, 0.25) is 0 Å². The molecule has 0 spiro atoms. The number of nitrogens with one attached hydrogen (secondary N) is 1. The largest absolute Gasteiger partial charge is 0.507 e. The molecule has 0 aliphatic carbocycles. The molecule has 0 saturated carbocycles. The zero-order valence-electron chi connectivity index (χ0n) is 17.6. The Balaban J connectivity index is 1.54. The summed E-state index contributed by atoms with van der Waals surface area (Å²) in [5.41, 5.74) is 4.09. The Labute approximate surface area is 198 Å². The van der Waals surface area contributed by atoms with Crippen molar-refractivity contribution >= 4 is 29.6 Å². The predicted molar refractivity (Wildman–Crippen MR) is 128 cm³/mol. The maximum absolute atomic E-state index is 12.3. The van der Waals surface area contributed by atoms with Crippen LogP contribution in [0.15, 0.2) is 89.1 Å². The van der Waals surface area contributed by atoms with Gasteiger partial charge in [-0.25, -0.2) is 5.43 Å². The van der Waals surface area contributed by atoms with Crippen LogP contribution in [0.5, 0.6) is 5.75 Å². The third-order valence-corrected chi connectivity index (χ3v) is 5.55. The molecule has 0 aliphatic heterocycles. The van der Waals surface area contributed by atoms with Crippen molar-refractivity contribution < 1.29 is 14.8 Å². The quantitative estimate of drug-likeness (QED) is 0.172. The van der Waals surface area contributed by atoms with E-state index in [-0.39, 0.29) is 23.1 Å². The second-order valence-electron chi connectivity index (χ2n) is 6.93. The van der Waals surface area contributed by atoms with E-state index in [1.807, 2.05) is 30.3 Å². The number of nitro groups is 1. The van der Waals surface area contributed by atoms with Crippen LogP contribution in [-0.4, -0.2) is 42.7 Å². The van der Waals surface area contributed by atoms with Gasteiger partial charge in [0.1, 0.15) is 5.75 Å². The van der Waals surface area contributed by atoms with E-state index in [2.05, 4.69) is 20.7 Å². The number of phenols is 1. The highest BCUT2D eigenvalue weighted by Gasteiger charge is 2.19. The van der Waals surface area contributed by atoms with Gasteiger partial charge < -0.3 is 5.11 Å². The van der Waals surface area contributed by atoms with Gasteiger partial charge in [0.05, 0.1) is 16.9 Å². The Bertz CT molecular complexity index is 1360. The van der Waals surface area contributed by atoms with Crippen LogP contribution in [0.1, 0.15) is 5.56 Å². The van der Waals surface area contributed by atoms with Gasteiger partial charge >= 0.3 is 0 Å². The van der Waals surface area contributed by atoms with E-state index in [9.17, 15) is 20.0 Å². The number of hydrazone groups is 1. The van der Waals surface area contributed by atoms with Crippen molar-refractivity contribution in [1.29, 1.82) is 0 Å². The lowest BCUT2D eigenvalue weighted by molar-refractivity contribution is -0.384. The number of thioether (sulfide) groups is 1. The summed E-state index contributed by atoms with van der Waals surface area (Å²) >= 11 is 1.15. The summed E-state index contributed by atoms with van der Waals surface area (Å²) in [6.45, 7) is 0. The Morgan fingerprint density at radius 3 is 2.62 bits per heavy atom. The monoisotopic (exact) mass is 474 g/mol. The maximum Gasteiger partial charge on any atom is 0.270 e. The number of amides is 1. The van der Waals surface area contributed by atoms with Gasteiger partial charge in [-0.05, 0) is 24.3 Å². The van der Waals surface area contributed by atoms with Crippen molar-refractivity contribution in [3.05, 3.63) is 94.5 Å². The first kappa shape index (κ1) is 22.7. The number of carbonyl (C=O) groups excluding carboxylic acids is 1. The van der Waals surface area contributed by atoms with Crippen LogP contribution < -0.4 is 5.43 Å². The van der Waals surface area contributed by atoms with Gasteiger partial charge in [-0.2, -0.15) is 5.10 Å². The third-order valence-electron chi connectivity index (χ3n) is 4.62. The smallest absolute Gasteiger partial charge is 0.270 e. The minimum atomic E-state index is -0.470. The number of benzene rings is 3. The van der Waals surface area contributed by atoms with E-state index in [0.717, 1.165) is 17.4 Å². The highest BCUT2D eigenvalue weighted by Crippen LogP contribution is 2.29. The number of aromatic hydroxyl groups is 1. The van der Waals surface area contributed by atoms with Gasteiger partial charge in [0.15, 0.2) is 11.0 Å². The molecule has 11 heteroatoms. The number of para-hydroxylation sites is 2. The second kappa shape index (κ2) is 10.4. The first-order valence-electron chi connectivity index (χ1n) is 10.0. The van der Waals surface area contributed by atoms with Crippen LogP contribution in [0.2, 0.25) is 0 Å². The van der Waals surface area contributed by atoms with Crippen molar-refractivity contribution in [1.82, 2.24) is 20.2 Å². The highest BCUT2D eigenvalue weighted by molar-refractivity contribution is 7.99. The molecule has 0 unspecified atom stereocenters. The topological polar surface area (TPSA) is 136 Å². The Kier molecular flexibility index (Phi) is 6.94. The molecule has 0 bridgehead atoms. The molecule has 1 aromatic heterocycles. The second-order valence-corrected chi connectivity index (χ2v) is 7.87. The Morgan fingerprint density at radius 2 is 1.85 bits per heavy atom. The molecular formula is C23H18N6O4S. The normalized spacial score (nSPS) is 10.9. The molecule has 0 saturated heterocycles. The number of nitro benzene ring substituents is 1. The third kappa shape index (κ3) is 5.27. The maximum atomic E-state index is 12.3. The van der Waals surface area contributed by atoms with E-state index in [4.69, 9.17) is 0 Å². The van der Waals surface area contributed by atoms with Crippen LogP contribution in [-0.2, 0) is 4.79 Å². The highest BCUT2D eigenvalue weighted by atomic mass is 32.2. The first-order chi connectivity index (χ1) is 16.5. The molecule has 3 aromatic carbocycles. The Morgan fingerprint density at radius 1 is 1.09 bits per heavy atom. The minimum absolute atomic E-state index is 0.00197. The van der Waals surface area contributed by atoms with E-state index in [0.29, 0.717) is 22.1 Å². The summed E-state index contributed by atoms with van der Waals surface area (Å²) in [6, 6.07) is 22.0. The summed E-state index contributed by atoms with van der Waals surface area (Å²) in [5.74, 6) is 0.0870. The zero-order valence-corrected chi connectivity index (χ0v) is 18.4. The number of nitrogens with zero attached hydrogens (tertiary/aromatic N) is 5. The molecule has 2 N–H and O–H groups in total. The Hall–Kier alpha value is -4.51. The van der Waals surface area contributed by atoms with E-state index >= 15 is 0 Å². The summed E-state index contributed by atoms with van der Waals surface area (Å²) < 4.78 is 1.74. The number of hydrogen-bond donors (Lipinski definition) is 2. The fraction of sp³-hybridized carbons (Fsp3) is 0.0435. The lowest BCUT2D eigenvalue weighted by Gasteiger charge is -2.10. The van der Waals surface area contributed by atoms with Crippen molar-refractivity contribution in [3.8, 4) is 22.8 Å². The van der Waals surface area contributed by atoms with Gasteiger partial charge in [0, 0.05) is 28.9 Å². The van der Waals surface area contributed by atoms with E-state index < -0.39 is 4.92 Å². The van der Waals surface area contributed by atoms with E-state index in [1.54, 1.807) is 34.9 Å². The predicted octanol–water partition coefficient (Wildman–Crippen LogP) is 3.79. The lowest BCUT2D eigenvalue weighted by Crippen LogP contribution is -2.20. The molecule has 34 heavy (non-hydrogen) atoms. The number of rotatable bonds is 8. The summed E-state index contributed by atoms with van der Waals surface area (Å²) in [4.78, 5) is 23.0. The molecule has 0 aliphatic rings. The molecule has 4 rings (SSSR count). The molecule has 1 heterocycles. The zero-order chi connectivity index (χ0) is 23.9. The van der Waals surface area contributed by atoms with Crippen molar-refractivity contribution in [2.75, 3.05) is 5.75 Å². The molecule has 0 atom stereocenters. The van der Waals surface area contributed by atoms with Crippen LogP contribution >= 0.6 is 11.8 Å². The fourth-order valence-corrected chi connectivity index (χ4v) is 3.80. The number of non-ortho nitro benzene ring substituents is 1. The number of carbonyl (C=O) groups is 1. The average molecular weight is 475 g/mol. The van der Waals surface area contributed by atoms with Crippen molar-refractivity contribution in [2.24, 2.45) is 5.10 Å². The van der Waals surface area contributed by atoms with E-state index in [1.165, 1.54) is 24.4 Å². The molecule has 10 nitrogen and oxygen atoms in total. The van der Waals surface area contributed by atoms with Crippen LogP contribution in [0.4, 0.5) is 5.69 Å². The molecule has 0 fully saturated rings. The standard InChI is InChI=1S/C23H18N6O4S/c30-20-12-5-4-7-17(20)14-24-25-21(31)15-34-23-27-26-22(28(23)18-9-2-1-3-10-18)16-8-6-11-19(13-16)29(32)33/h1-14,30H,15H2,(H,25,31). The van der Waals surface area contributed by atoms with Gasteiger partial charge in [-0.3, -0.25) is 19.5 Å². The van der Waals surface area contributed by atoms with Crippen molar-refractivity contribution in [2.45, 2.75) is 5.16 Å². The van der Waals surface area contributed by atoms with Crippen LogP contribution in [0, 0.1) is 10.1 Å². The van der Waals surface area contributed by atoms with Crippen molar-refractivity contribution in [3.63, 3.8) is 0 Å². The molecule has 1 amide bonds. The summed E-state index contributed by atoms with van der Waals surface area (Å²) in [6.07, 6.45) is 1.35. The SMILES string of the molecule is O=C(CSc1nnc(-c2cccc([N+](=O)[O-])c2)n1-c1ccccc1)NN=Cc1ccccc1O. The van der Waals surface area contributed by atoms with Crippen LogP contribution in [0.25, 0.3) is 17.1 Å². The van der Waals surface area contributed by atoms with Gasteiger partial charge in [-0.1, -0.05) is 54.2 Å². The first-order valence-corrected chi connectivity index (χ1v) is 11.0.